The van der Waals surface area contributed by atoms with E-state index in [0.717, 1.165) is 16.5 Å². The second-order valence-electron chi connectivity index (χ2n) is 6.28. The SMILES string of the molecule is Cn1cnc2ccc(B3OC(C)(C)C(C)(C)O3)c(Cl)c21. The average molecular weight is 293 g/mol. The van der Waals surface area contributed by atoms with Gasteiger partial charge >= 0.3 is 7.12 Å². The quantitative estimate of drug-likeness (QED) is 0.758. The van der Waals surface area contributed by atoms with Gasteiger partial charge in [0.15, 0.2) is 0 Å². The van der Waals surface area contributed by atoms with Gasteiger partial charge in [0.2, 0.25) is 0 Å². The third kappa shape index (κ3) is 1.88. The molecule has 0 N–H and O–H groups in total. The first-order valence-electron chi connectivity index (χ1n) is 6.68. The van der Waals surface area contributed by atoms with Crippen molar-refractivity contribution in [1.29, 1.82) is 0 Å². The van der Waals surface area contributed by atoms with Gasteiger partial charge in [-0.05, 0) is 33.8 Å². The normalized spacial score (nSPS) is 20.8. The molecule has 20 heavy (non-hydrogen) atoms. The Bertz CT molecular complexity index is 665. The highest BCUT2D eigenvalue weighted by Gasteiger charge is 2.52. The molecule has 1 fully saturated rings. The number of hydrogen-bond donors (Lipinski definition) is 0. The molecule has 0 saturated carbocycles. The van der Waals surface area contributed by atoms with Gasteiger partial charge in [0.1, 0.15) is 0 Å². The summed E-state index contributed by atoms with van der Waals surface area (Å²) in [6.45, 7) is 8.13. The Labute approximate surface area is 124 Å². The van der Waals surface area contributed by atoms with Crippen LogP contribution in [0.25, 0.3) is 11.0 Å². The van der Waals surface area contributed by atoms with Crippen molar-refractivity contribution in [2.24, 2.45) is 7.05 Å². The summed E-state index contributed by atoms with van der Waals surface area (Å²) in [6.07, 6.45) is 1.75. The van der Waals surface area contributed by atoms with E-state index in [-0.39, 0.29) is 11.2 Å². The van der Waals surface area contributed by atoms with Crippen LogP contribution in [0, 0.1) is 0 Å². The molecule has 0 atom stereocenters. The molecule has 3 rings (SSSR count). The number of rotatable bonds is 1. The maximum absolute atomic E-state index is 6.53. The minimum absolute atomic E-state index is 0.373. The molecular formula is C14H18BClN2O2. The number of aromatic nitrogens is 2. The van der Waals surface area contributed by atoms with Crippen LogP contribution in [0.5, 0.6) is 0 Å². The Morgan fingerprint density at radius 3 is 2.35 bits per heavy atom. The number of nitrogens with zero attached hydrogens (tertiary/aromatic N) is 2. The van der Waals surface area contributed by atoms with Crippen LogP contribution in [0.3, 0.4) is 0 Å². The van der Waals surface area contributed by atoms with Crippen LogP contribution in [-0.2, 0) is 16.4 Å². The lowest BCUT2D eigenvalue weighted by molar-refractivity contribution is 0.00578. The van der Waals surface area contributed by atoms with Crippen LogP contribution in [0.2, 0.25) is 5.02 Å². The van der Waals surface area contributed by atoms with Gasteiger partial charge in [0.05, 0.1) is 33.6 Å². The zero-order chi connectivity index (χ0) is 14.7. The van der Waals surface area contributed by atoms with E-state index in [9.17, 15) is 0 Å². The van der Waals surface area contributed by atoms with E-state index >= 15 is 0 Å². The lowest BCUT2D eigenvalue weighted by atomic mass is 9.79. The van der Waals surface area contributed by atoms with E-state index in [2.05, 4.69) is 4.98 Å². The van der Waals surface area contributed by atoms with Gasteiger partial charge in [0, 0.05) is 12.5 Å². The first-order chi connectivity index (χ1) is 9.23. The van der Waals surface area contributed by atoms with Gasteiger partial charge in [-0.15, -0.1) is 0 Å². The fourth-order valence-corrected chi connectivity index (χ4v) is 2.75. The van der Waals surface area contributed by atoms with E-state index in [4.69, 9.17) is 20.9 Å². The summed E-state index contributed by atoms with van der Waals surface area (Å²) in [5.41, 5.74) is 1.88. The Morgan fingerprint density at radius 2 is 1.75 bits per heavy atom. The van der Waals surface area contributed by atoms with Gasteiger partial charge in [-0.1, -0.05) is 17.7 Å². The first-order valence-corrected chi connectivity index (χ1v) is 7.06. The van der Waals surface area contributed by atoms with Crippen molar-refractivity contribution in [1.82, 2.24) is 9.55 Å². The summed E-state index contributed by atoms with van der Waals surface area (Å²) in [7, 11) is 1.47. The first kappa shape index (κ1) is 13.9. The Morgan fingerprint density at radius 1 is 1.15 bits per heavy atom. The minimum atomic E-state index is -0.452. The fourth-order valence-electron chi connectivity index (χ4n) is 2.37. The molecule has 1 aliphatic rings. The van der Waals surface area contributed by atoms with E-state index in [1.807, 2.05) is 51.4 Å². The highest BCUT2D eigenvalue weighted by molar-refractivity contribution is 6.66. The molecule has 1 saturated heterocycles. The monoisotopic (exact) mass is 292 g/mol. The van der Waals surface area contributed by atoms with Crippen LogP contribution < -0.4 is 5.46 Å². The lowest BCUT2D eigenvalue weighted by Gasteiger charge is -2.32. The van der Waals surface area contributed by atoms with Gasteiger partial charge in [-0.3, -0.25) is 0 Å². The van der Waals surface area contributed by atoms with Crippen LogP contribution in [0.15, 0.2) is 18.5 Å². The van der Waals surface area contributed by atoms with Gasteiger partial charge in [-0.25, -0.2) is 4.98 Å². The van der Waals surface area contributed by atoms with Crippen molar-refractivity contribution < 1.29 is 9.31 Å². The predicted molar refractivity (Wildman–Crippen MR) is 81.4 cm³/mol. The summed E-state index contributed by atoms with van der Waals surface area (Å²) in [6, 6.07) is 3.88. The van der Waals surface area contributed by atoms with Crippen LogP contribution in [0.1, 0.15) is 27.7 Å². The largest absolute Gasteiger partial charge is 0.496 e. The second kappa shape index (κ2) is 4.23. The van der Waals surface area contributed by atoms with Crippen molar-refractivity contribution >= 4 is 35.2 Å². The van der Waals surface area contributed by atoms with Crippen molar-refractivity contribution in [3.05, 3.63) is 23.5 Å². The molecule has 1 aromatic carbocycles. The van der Waals surface area contributed by atoms with Gasteiger partial charge in [0.25, 0.3) is 0 Å². The molecule has 2 aromatic rings. The number of benzene rings is 1. The topological polar surface area (TPSA) is 36.3 Å². The molecule has 6 heteroatoms. The van der Waals surface area contributed by atoms with Gasteiger partial charge in [-0.2, -0.15) is 0 Å². The molecular weight excluding hydrogens is 274 g/mol. The molecule has 0 bridgehead atoms. The molecule has 0 unspecified atom stereocenters. The molecule has 106 valence electrons. The van der Waals surface area contributed by atoms with Crippen molar-refractivity contribution in [2.45, 2.75) is 38.9 Å². The molecule has 0 spiro atoms. The zero-order valence-electron chi connectivity index (χ0n) is 12.4. The zero-order valence-corrected chi connectivity index (χ0v) is 13.2. The third-order valence-electron chi connectivity index (χ3n) is 4.35. The maximum atomic E-state index is 6.53. The van der Waals surface area contributed by atoms with Crippen molar-refractivity contribution in [3.8, 4) is 0 Å². The molecule has 4 nitrogen and oxygen atoms in total. The summed E-state index contributed by atoms with van der Waals surface area (Å²) in [5.74, 6) is 0. The standard InChI is InChI=1S/C14H18BClN2O2/c1-13(2)14(3,4)20-15(19-13)9-6-7-10-12(11(9)16)18(5)8-17-10/h6-8H,1-5H3. The van der Waals surface area contributed by atoms with E-state index in [1.165, 1.54) is 0 Å². The van der Waals surface area contributed by atoms with Crippen LogP contribution in [-0.4, -0.2) is 27.9 Å². The fraction of sp³-hybridized carbons (Fsp3) is 0.500. The lowest BCUT2D eigenvalue weighted by Crippen LogP contribution is -2.41. The molecule has 0 amide bonds. The number of fused-ring (bicyclic) bond motifs is 1. The number of aryl methyl sites for hydroxylation is 1. The molecule has 2 heterocycles. The Balaban J connectivity index is 2.08. The summed E-state index contributed by atoms with van der Waals surface area (Å²) in [5, 5.41) is 0.640. The van der Waals surface area contributed by atoms with Crippen LogP contribution >= 0.6 is 11.6 Å². The molecule has 1 aromatic heterocycles. The van der Waals surface area contributed by atoms with Crippen molar-refractivity contribution in [3.63, 3.8) is 0 Å². The Kier molecular flexibility index (Phi) is 2.94. The smallest absolute Gasteiger partial charge is 0.399 e. The average Bonchev–Trinajstić information content (AvgIpc) is 2.79. The second-order valence-corrected chi connectivity index (χ2v) is 6.66. The summed E-state index contributed by atoms with van der Waals surface area (Å²) >= 11 is 6.53. The van der Waals surface area contributed by atoms with Crippen molar-refractivity contribution in [2.75, 3.05) is 0 Å². The number of halogens is 1. The van der Waals surface area contributed by atoms with Gasteiger partial charge < -0.3 is 13.9 Å². The van der Waals surface area contributed by atoms with Crippen LogP contribution in [0.4, 0.5) is 0 Å². The maximum Gasteiger partial charge on any atom is 0.496 e. The summed E-state index contributed by atoms with van der Waals surface area (Å²) < 4.78 is 14.0. The van der Waals surface area contributed by atoms with E-state index in [0.29, 0.717) is 5.02 Å². The molecule has 1 aliphatic heterocycles. The number of hydrogen-bond acceptors (Lipinski definition) is 3. The third-order valence-corrected chi connectivity index (χ3v) is 4.75. The van der Waals surface area contributed by atoms with E-state index < -0.39 is 7.12 Å². The highest BCUT2D eigenvalue weighted by atomic mass is 35.5. The van der Waals surface area contributed by atoms with E-state index in [1.54, 1.807) is 6.33 Å². The predicted octanol–water partition coefficient (Wildman–Crippen LogP) is 2.53. The molecule has 0 aliphatic carbocycles. The number of imidazole rings is 1. The Hall–Kier alpha value is -1.04. The highest BCUT2D eigenvalue weighted by Crippen LogP contribution is 2.37. The summed E-state index contributed by atoms with van der Waals surface area (Å²) in [4.78, 5) is 4.30. The minimum Gasteiger partial charge on any atom is -0.399 e. The molecule has 0 radical (unpaired) electrons.